The van der Waals surface area contributed by atoms with E-state index in [4.69, 9.17) is 22.9 Å². The van der Waals surface area contributed by atoms with E-state index < -0.39 is 65.8 Å². The third-order valence-corrected chi connectivity index (χ3v) is 4.91. The number of nitrogens with one attached hydrogen (secondary N) is 3. The minimum Gasteiger partial charge on any atom is -0.480 e. The zero-order valence-corrected chi connectivity index (χ0v) is 20.2. The van der Waals surface area contributed by atoms with E-state index in [0.29, 0.717) is 6.42 Å². The van der Waals surface area contributed by atoms with Crippen LogP contribution in [0.2, 0.25) is 0 Å². The fourth-order valence-electron chi connectivity index (χ4n) is 2.90. The van der Waals surface area contributed by atoms with Gasteiger partial charge in [0, 0.05) is 13.0 Å². The van der Waals surface area contributed by atoms with Crippen LogP contribution in [0, 0.1) is 5.92 Å². The highest BCUT2D eigenvalue weighted by Gasteiger charge is 2.33. The lowest BCUT2D eigenvalue weighted by molar-refractivity contribution is -0.143. The summed E-state index contributed by atoms with van der Waals surface area (Å²) in [5.74, 6) is -5.15. The molecule has 0 aliphatic carbocycles. The lowest BCUT2D eigenvalue weighted by atomic mass is 10.0. The number of aliphatic carboxylic acids is 1. The second kappa shape index (κ2) is 15.4. The van der Waals surface area contributed by atoms with E-state index in [2.05, 4.69) is 20.9 Å². The molecule has 0 fully saturated rings. The third-order valence-electron chi connectivity index (χ3n) is 4.91. The second-order valence-corrected chi connectivity index (χ2v) is 8.42. The maximum absolute atomic E-state index is 12.8. The molecular formula is C20H38N8O7. The van der Waals surface area contributed by atoms with Gasteiger partial charge in [-0.25, -0.2) is 4.79 Å². The summed E-state index contributed by atoms with van der Waals surface area (Å²) in [5, 5.41) is 26.3. The molecule has 0 radical (unpaired) electrons. The van der Waals surface area contributed by atoms with Crippen LogP contribution in [0.3, 0.4) is 0 Å². The van der Waals surface area contributed by atoms with Crippen molar-refractivity contribution in [2.24, 2.45) is 33.8 Å². The number of nitrogens with two attached hydrogens (primary N) is 4. The molecule has 0 heterocycles. The van der Waals surface area contributed by atoms with Gasteiger partial charge in [-0.2, -0.15) is 0 Å². The molecule has 0 aromatic carbocycles. The highest BCUT2D eigenvalue weighted by molar-refractivity contribution is 5.94. The van der Waals surface area contributed by atoms with E-state index in [-0.39, 0.29) is 31.8 Å². The number of carbonyl (C=O) groups excluding carboxylic acids is 4. The molecule has 0 spiro atoms. The number of carbonyl (C=O) groups is 5. The summed E-state index contributed by atoms with van der Waals surface area (Å²) < 4.78 is 0. The minimum absolute atomic E-state index is 0.105. The molecule has 35 heavy (non-hydrogen) atoms. The Kier molecular flexibility index (Phi) is 13.9. The van der Waals surface area contributed by atoms with Crippen molar-refractivity contribution in [3.8, 4) is 0 Å². The largest absolute Gasteiger partial charge is 0.480 e. The molecule has 0 aromatic heterocycles. The first-order valence-electron chi connectivity index (χ1n) is 11.1. The molecule has 200 valence electrons. The first kappa shape index (κ1) is 31.5. The molecule has 15 nitrogen and oxygen atoms in total. The fraction of sp³-hybridized carbons (Fsp3) is 0.700. The first-order valence-corrected chi connectivity index (χ1v) is 11.1. The number of hydrogen-bond acceptors (Lipinski definition) is 8. The fourth-order valence-corrected chi connectivity index (χ4v) is 2.90. The Morgan fingerprint density at radius 3 is 1.89 bits per heavy atom. The van der Waals surface area contributed by atoms with Gasteiger partial charge in [0.2, 0.25) is 23.6 Å². The number of guanidine groups is 1. The van der Waals surface area contributed by atoms with Gasteiger partial charge in [0.25, 0.3) is 0 Å². The number of primary amides is 1. The van der Waals surface area contributed by atoms with Gasteiger partial charge >= 0.3 is 5.97 Å². The van der Waals surface area contributed by atoms with Crippen LogP contribution in [0.5, 0.6) is 0 Å². The summed E-state index contributed by atoms with van der Waals surface area (Å²) in [7, 11) is 0. The summed E-state index contributed by atoms with van der Waals surface area (Å²) in [6, 6.07) is -5.13. The average Bonchev–Trinajstić information content (AvgIpc) is 2.74. The first-order chi connectivity index (χ1) is 16.2. The molecule has 5 atom stereocenters. The minimum atomic E-state index is -1.49. The molecule has 0 rings (SSSR count). The van der Waals surface area contributed by atoms with E-state index in [0.717, 1.165) is 0 Å². The topological polar surface area (TPSA) is 278 Å². The number of carboxylic acid groups (broad SMARTS) is 1. The molecule has 4 amide bonds. The van der Waals surface area contributed by atoms with Crippen molar-refractivity contribution in [2.45, 2.75) is 76.7 Å². The van der Waals surface area contributed by atoms with Crippen LogP contribution in [-0.4, -0.2) is 82.6 Å². The van der Waals surface area contributed by atoms with Crippen LogP contribution in [0.15, 0.2) is 4.99 Å². The van der Waals surface area contributed by atoms with Gasteiger partial charge < -0.3 is 49.1 Å². The Morgan fingerprint density at radius 1 is 0.857 bits per heavy atom. The summed E-state index contributed by atoms with van der Waals surface area (Å²) >= 11 is 0. The molecular weight excluding hydrogens is 464 g/mol. The Morgan fingerprint density at radius 2 is 1.43 bits per heavy atom. The van der Waals surface area contributed by atoms with E-state index in [1.54, 1.807) is 13.8 Å². The van der Waals surface area contributed by atoms with Crippen LogP contribution in [0.1, 0.15) is 46.5 Å². The van der Waals surface area contributed by atoms with Crippen molar-refractivity contribution < 1.29 is 34.2 Å². The Balaban J connectivity index is 5.37. The molecule has 0 saturated heterocycles. The quantitative estimate of drug-likeness (QED) is 0.0563. The Hall–Kier alpha value is -3.46. The van der Waals surface area contributed by atoms with Gasteiger partial charge in [-0.15, -0.1) is 0 Å². The summed E-state index contributed by atoms with van der Waals surface area (Å²) in [6.07, 6.45) is -1.33. The zero-order valence-electron chi connectivity index (χ0n) is 20.2. The molecule has 5 unspecified atom stereocenters. The van der Waals surface area contributed by atoms with Gasteiger partial charge in [-0.1, -0.05) is 13.8 Å². The average molecular weight is 503 g/mol. The highest BCUT2D eigenvalue weighted by Crippen LogP contribution is 2.06. The summed E-state index contributed by atoms with van der Waals surface area (Å²) in [4.78, 5) is 64.3. The van der Waals surface area contributed by atoms with Crippen molar-refractivity contribution >= 4 is 35.6 Å². The molecule has 15 heteroatoms. The number of carboxylic acids is 1. The second-order valence-electron chi connectivity index (χ2n) is 8.42. The number of nitrogens with zero attached hydrogens (tertiary/aromatic N) is 1. The molecule has 0 bridgehead atoms. The van der Waals surface area contributed by atoms with Crippen LogP contribution < -0.4 is 38.9 Å². The van der Waals surface area contributed by atoms with E-state index in [1.807, 2.05) is 0 Å². The van der Waals surface area contributed by atoms with E-state index >= 15 is 0 Å². The number of hydrogen-bond donors (Lipinski definition) is 9. The van der Waals surface area contributed by atoms with Crippen molar-refractivity contribution in [3.05, 3.63) is 0 Å². The highest BCUT2D eigenvalue weighted by atomic mass is 16.4. The van der Waals surface area contributed by atoms with Crippen LogP contribution >= 0.6 is 0 Å². The smallest absolute Gasteiger partial charge is 0.326 e. The lowest BCUT2D eigenvalue weighted by Gasteiger charge is -2.27. The number of amides is 4. The summed E-state index contributed by atoms with van der Waals surface area (Å²) in [6.45, 7) is 4.64. The van der Waals surface area contributed by atoms with Gasteiger partial charge in [0.05, 0.1) is 12.1 Å². The van der Waals surface area contributed by atoms with Crippen LogP contribution in [0.4, 0.5) is 0 Å². The number of aliphatic hydroxyl groups excluding tert-OH is 1. The van der Waals surface area contributed by atoms with Crippen molar-refractivity contribution in [1.29, 1.82) is 0 Å². The molecule has 0 aromatic rings. The monoisotopic (exact) mass is 502 g/mol. The van der Waals surface area contributed by atoms with Crippen LogP contribution in [0.25, 0.3) is 0 Å². The van der Waals surface area contributed by atoms with Gasteiger partial charge in [-0.3, -0.25) is 24.2 Å². The van der Waals surface area contributed by atoms with Crippen LogP contribution in [-0.2, 0) is 24.0 Å². The molecule has 0 aliphatic heterocycles. The zero-order chi connectivity index (χ0) is 27.3. The van der Waals surface area contributed by atoms with Gasteiger partial charge in [0.15, 0.2) is 5.96 Å². The van der Waals surface area contributed by atoms with E-state index in [9.17, 15) is 34.2 Å². The standard InChI is InChI=1S/C20H38N8O7/c1-9(2)14(19(34)35)27-17(32)12(6-7-13(22)30)26-18(33)15(10(3)29)28-16(31)11(21)5-4-8-25-20(23)24/h9-12,14-15,29H,4-8,21H2,1-3H3,(H2,22,30)(H,26,33)(H,27,32)(H,28,31)(H,34,35)(H4,23,24,25). The van der Waals surface area contributed by atoms with Crippen molar-refractivity contribution in [2.75, 3.05) is 6.54 Å². The number of rotatable bonds is 16. The van der Waals surface area contributed by atoms with Crippen molar-refractivity contribution in [3.63, 3.8) is 0 Å². The summed E-state index contributed by atoms with van der Waals surface area (Å²) in [5.41, 5.74) is 21.4. The maximum atomic E-state index is 12.8. The number of aliphatic imine (C=N–C) groups is 1. The maximum Gasteiger partial charge on any atom is 0.326 e. The molecule has 13 N–H and O–H groups in total. The van der Waals surface area contributed by atoms with Gasteiger partial charge in [-0.05, 0) is 32.1 Å². The normalized spacial score (nSPS) is 15.1. The van der Waals surface area contributed by atoms with E-state index in [1.165, 1.54) is 6.92 Å². The molecule has 0 saturated carbocycles. The SMILES string of the molecule is CC(C)C(NC(=O)C(CCC(N)=O)NC(=O)C(NC(=O)C(N)CCCN=C(N)N)C(C)O)C(=O)O. The predicted molar refractivity (Wildman–Crippen MR) is 126 cm³/mol. The van der Waals surface area contributed by atoms with Crippen molar-refractivity contribution in [1.82, 2.24) is 16.0 Å². The molecule has 0 aliphatic rings. The predicted octanol–water partition coefficient (Wildman–Crippen LogP) is -3.79. The Labute approximate surface area is 203 Å². The lowest BCUT2D eigenvalue weighted by Crippen LogP contribution is -2.60. The third kappa shape index (κ3) is 12.5. The van der Waals surface area contributed by atoms with Gasteiger partial charge in [0.1, 0.15) is 18.1 Å². The number of aliphatic hydroxyl groups is 1. The Bertz CT molecular complexity index is 783.